The summed E-state index contributed by atoms with van der Waals surface area (Å²) in [4.78, 5) is 55.2. The lowest BCUT2D eigenvalue weighted by Gasteiger charge is -2.32. The standard InChI is InChI=1S/C17H19N3O4S/c1-10-12(16(23)19-17(24)18-10)8-14(21)20-6-2-4-11(9-20)15(22)13-5-3-7-25-13/h3,5,7,11H,2,4,6,8-9H2,1H3,(H2,18,19,23,24). The highest BCUT2D eigenvalue weighted by Gasteiger charge is 2.29. The van der Waals surface area contributed by atoms with Crippen LogP contribution in [0.15, 0.2) is 27.1 Å². The van der Waals surface area contributed by atoms with Crippen LogP contribution in [0.1, 0.15) is 33.8 Å². The third-order valence-electron chi connectivity index (χ3n) is 4.49. The van der Waals surface area contributed by atoms with Crippen molar-refractivity contribution in [2.24, 2.45) is 5.92 Å². The summed E-state index contributed by atoms with van der Waals surface area (Å²) in [6, 6.07) is 3.64. The molecule has 0 aliphatic carbocycles. The highest BCUT2D eigenvalue weighted by Crippen LogP contribution is 2.23. The minimum absolute atomic E-state index is 0.0746. The fraction of sp³-hybridized carbons (Fsp3) is 0.412. The predicted molar refractivity (Wildman–Crippen MR) is 94.1 cm³/mol. The zero-order chi connectivity index (χ0) is 18.0. The third-order valence-corrected chi connectivity index (χ3v) is 5.38. The number of carbonyl (C=O) groups excluding carboxylic acids is 2. The van der Waals surface area contributed by atoms with Crippen molar-refractivity contribution in [2.75, 3.05) is 13.1 Å². The largest absolute Gasteiger partial charge is 0.342 e. The number of aromatic amines is 2. The van der Waals surface area contributed by atoms with E-state index in [-0.39, 0.29) is 29.6 Å². The molecule has 8 heteroatoms. The molecular weight excluding hydrogens is 342 g/mol. The van der Waals surface area contributed by atoms with E-state index < -0.39 is 11.2 Å². The minimum atomic E-state index is -0.585. The van der Waals surface area contributed by atoms with Gasteiger partial charge in [-0.05, 0) is 31.2 Å². The van der Waals surface area contributed by atoms with Crippen molar-refractivity contribution < 1.29 is 9.59 Å². The summed E-state index contributed by atoms with van der Waals surface area (Å²) in [6.07, 6.45) is 1.44. The fourth-order valence-electron chi connectivity index (χ4n) is 3.14. The monoisotopic (exact) mass is 361 g/mol. The molecule has 1 aliphatic heterocycles. The van der Waals surface area contributed by atoms with E-state index in [2.05, 4.69) is 9.97 Å². The number of aryl methyl sites for hydroxylation is 1. The number of carbonyl (C=O) groups is 2. The number of amides is 1. The zero-order valence-electron chi connectivity index (χ0n) is 13.8. The number of aromatic nitrogens is 2. The number of nitrogens with zero attached hydrogens (tertiary/aromatic N) is 1. The Labute approximate surface area is 147 Å². The molecule has 0 aromatic carbocycles. The van der Waals surface area contributed by atoms with Crippen LogP contribution in [0.4, 0.5) is 0 Å². The van der Waals surface area contributed by atoms with Gasteiger partial charge in [0.05, 0.1) is 11.3 Å². The van der Waals surface area contributed by atoms with Crippen LogP contribution in [0.2, 0.25) is 0 Å². The first kappa shape index (κ1) is 17.3. The van der Waals surface area contributed by atoms with E-state index in [9.17, 15) is 19.2 Å². The van der Waals surface area contributed by atoms with Gasteiger partial charge in [0.2, 0.25) is 5.91 Å². The molecule has 0 bridgehead atoms. The van der Waals surface area contributed by atoms with E-state index in [1.807, 2.05) is 11.4 Å². The van der Waals surface area contributed by atoms with Gasteiger partial charge in [-0.15, -0.1) is 11.3 Å². The number of likely N-dealkylation sites (tertiary alicyclic amines) is 1. The Morgan fingerprint density at radius 1 is 1.32 bits per heavy atom. The lowest BCUT2D eigenvalue weighted by molar-refractivity contribution is -0.131. The molecule has 25 heavy (non-hydrogen) atoms. The van der Waals surface area contributed by atoms with Crippen LogP contribution in [0.25, 0.3) is 0 Å². The summed E-state index contributed by atoms with van der Waals surface area (Å²) in [5, 5.41) is 1.87. The molecule has 1 unspecified atom stereocenters. The lowest BCUT2D eigenvalue weighted by atomic mass is 9.92. The number of H-pyrrole nitrogens is 2. The van der Waals surface area contributed by atoms with Crippen LogP contribution in [0.3, 0.4) is 0 Å². The molecule has 0 spiro atoms. The SMILES string of the molecule is Cc1[nH]c(=O)[nH]c(=O)c1CC(=O)N1CCCC(C(=O)c2cccs2)C1. The maximum absolute atomic E-state index is 12.6. The van der Waals surface area contributed by atoms with E-state index in [4.69, 9.17) is 0 Å². The summed E-state index contributed by atoms with van der Waals surface area (Å²) < 4.78 is 0. The molecule has 2 aromatic rings. The Bertz CT molecular complexity index is 897. The normalized spacial score (nSPS) is 17.5. The Morgan fingerprint density at radius 2 is 2.12 bits per heavy atom. The lowest BCUT2D eigenvalue weighted by Crippen LogP contribution is -2.43. The van der Waals surface area contributed by atoms with E-state index in [0.29, 0.717) is 23.7 Å². The van der Waals surface area contributed by atoms with Crippen molar-refractivity contribution >= 4 is 23.0 Å². The molecule has 3 heterocycles. The van der Waals surface area contributed by atoms with Crippen molar-refractivity contribution in [3.05, 3.63) is 54.5 Å². The smallest absolute Gasteiger partial charge is 0.325 e. The average molecular weight is 361 g/mol. The number of Topliss-reactive ketones (excluding diaryl/α,β-unsaturated/α-hetero) is 1. The summed E-state index contributed by atoms with van der Waals surface area (Å²) >= 11 is 1.41. The summed E-state index contributed by atoms with van der Waals surface area (Å²) in [5.74, 6) is -0.332. The minimum Gasteiger partial charge on any atom is -0.342 e. The summed E-state index contributed by atoms with van der Waals surface area (Å²) in [7, 11) is 0. The van der Waals surface area contributed by atoms with Gasteiger partial charge >= 0.3 is 5.69 Å². The van der Waals surface area contributed by atoms with Crippen molar-refractivity contribution in [2.45, 2.75) is 26.2 Å². The molecule has 0 radical (unpaired) electrons. The molecule has 1 aliphatic rings. The van der Waals surface area contributed by atoms with Gasteiger partial charge < -0.3 is 9.88 Å². The predicted octanol–water partition coefficient (Wildman–Crippen LogP) is 1.10. The molecular formula is C17H19N3O4S. The van der Waals surface area contributed by atoms with Crippen LogP contribution in [0, 0.1) is 12.8 Å². The molecule has 7 nitrogen and oxygen atoms in total. The topological polar surface area (TPSA) is 103 Å². The molecule has 2 N–H and O–H groups in total. The van der Waals surface area contributed by atoms with Gasteiger partial charge in [0.25, 0.3) is 5.56 Å². The van der Waals surface area contributed by atoms with E-state index >= 15 is 0 Å². The van der Waals surface area contributed by atoms with Crippen molar-refractivity contribution in [3.63, 3.8) is 0 Å². The first-order chi connectivity index (χ1) is 12.0. The second-order valence-corrected chi connectivity index (χ2v) is 7.16. The van der Waals surface area contributed by atoms with Gasteiger partial charge in [-0.1, -0.05) is 6.07 Å². The number of hydrogen-bond donors (Lipinski definition) is 2. The Morgan fingerprint density at radius 3 is 2.80 bits per heavy atom. The first-order valence-corrected chi connectivity index (χ1v) is 9.01. The van der Waals surface area contributed by atoms with Crippen LogP contribution < -0.4 is 11.2 Å². The van der Waals surface area contributed by atoms with E-state index in [1.54, 1.807) is 17.9 Å². The number of piperidine rings is 1. The molecule has 0 saturated carbocycles. The van der Waals surface area contributed by atoms with Gasteiger partial charge in [-0.3, -0.25) is 19.4 Å². The van der Waals surface area contributed by atoms with Crippen molar-refractivity contribution in [3.8, 4) is 0 Å². The molecule has 1 fully saturated rings. The quantitative estimate of drug-likeness (QED) is 0.796. The molecule has 1 amide bonds. The van der Waals surface area contributed by atoms with E-state index in [0.717, 1.165) is 12.8 Å². The molecule has 1 atom stereocenters. The number of rotatable bonds is 4. The van der Waals surface area contributed by atoms with Crippen LogP contribution >= 0.6 is 11.3 Å². The second kappa shape index (κ2) is 7.18. The number of hydrogen-bond acceptors (Lipinski definition) is 5. The highest BCUT2D eigenvalue weighted by molar-refractivity contribution is 7.12. The van der Waals surface area contributed by atoms with Gasteiger partial charge in [-0.25, -0.2) is 4.79 Å². The maximum atomic E-state index is 12.6. The number of nitrogens with one attached hydrogen (secondary N) is 2. The molecule has 132 valence electrons. The van der Waals surface area contributed by atoms with Gasteiger partial charge in [0.15, 0.2) is 5.78 Å². The van der Waals surface area contributed by atoms with Gasteiger partial charge in [0, 0.05) is 30.3 Å². The molecule has 2 aromatic heterocycles. The Hall–Kier alpha value is -2.48. The van der Waals surface area contributed by atoms with Crippen LogP contribution in [-0.2, 0) is 11.2 Å². The molecule has 1 saturated heterocycles. The zero-order valence-corrected chi connectivity index (χ0v) is 14.6. The first-order valence-electron chi connectivity index (χ1n) is 8.13. The fourth-order valence-corrected chi connectivity index (χ4v) is 3.88. The van der Waals surface area contributed by atoms with Gasteiger partial charge in [0.1, 0.15) is 0 Å². The van der Waals surface area contributed by atoms with E-state index in [1.165, 1.54) is 11.3 Å². The Kier molecular flexibility index (Phi) is 4.98. The summed E-state index contributed by atoms with van der Waals surface area (Å²) in [6.45, 7) is 2.54. The third kappa shape index (κ3) is 3.79. The second-order valence-electron chi connectivity index (χ2n) is 6.21. The van der Waals surface area contributed by atoms with Crippen LogP contribution in [-0.4, -0.2) is 39.6 Å². The molecule has 3 rings (SSSR count). The summed E-state index contributed by atoms with van der Waals surface area (Å²) in [5.41, 5.74) is -0.474. The number of thiophene rings is 1. The highest BCUT2D eigenvalue weighted by atomic mass is 32.1. The Balaban J connectivity index is 1.71. The van der Waals surface area contributed by atoms with Crippen molar-refractivity contribution in [1.82, 2.24) is 14.9 Å². The maximum Gasteiger partial charge on any atom is 0.325 e. The van der Waals surface area contributed by atoms with Gasteiger partial charge in [-0.2, -0.15) is 0 Å². The van der Waals surface area contributed by atoms with Crippen molar-refractivity contribution in [1.29, 1.82) is 0 Å². The number of ketones is 1. The van der Waals surface area contributed by atoms with Crippen LogP contribution in [0.5, 0.6) is 0 Å². The average Bonchev–Trinajstić information content (AvgIpc) is 3.12.